The van der Waals surface area contributed by atoms with Crippen molar-refractivity contribution in [1.29, 1.82) is 0 Å². The molecule has 0 aliphatic heterocycles. The van der Waals surface area contributed by atoms with Crippen molar-refractivity contribution in [2.45, 2.75) is 32.4 Å². The van der Waals surface area contributed by atoms with Crippen LogP contribution in [0.4, 0.5) is 4.79 Å². The molecule has 0 radical (unpaired) electrons. The summed E-state index contributed by atoms with van der Waals surface area (Å²) in [4.78, 5) is 48.6. The summed E-state index contributed by atoms with van der Waals surface area (Å²) in [5.74, 6) is -2.29. The summed E-state index contributed by atoms with van der Waals surface area (Å²) in [6, 6.07) is 8.74. The van der Waals surface area contributed by atoms with Gasteiger partial charge in [-0.15, -0.1) is 0 Å². The maximum Gasteiger partial charge on any atom is 0.408 e. The molecular formula is C21H25N3O6. The van der Waals surface area contributed by atoms with Gasteiger partial charge >= 0.3 is 12.1 Å². The van der Waals surface area contributed by atoms with Crippen LogP contribution >= 0.6 is 0 Å². The minimum absolute atomic E-state index is 0.224. The van der Waals surface area contributed by atoms with Gasteiger partial charge in [-0.2, -0.15) is 0 Å². The summed E-state index contributed by atoms with van der Waals surface area (Å²) >= 11 is 0. The summed E-state index contributed by atoms with van der Waals surface area (Å²) < 4.78 is 11.5. The van der Waals surface area contributed by atoms with E-state index >= 15 is 0 Å². The number of nitrogens with one attached hydrogen (secondary N) is 2. The van der Waals surface area contributed by atoms with Crippen LogP contribution in [-0.4, -0.2) is 53.6 Å². The molecular weight excluding hydrogens is 390 g/mol. The maximum absolute atomic E-state index is 12.8. The molecule has 1 heterocycles. The quantitative estimate of drug-likeness (QED) is 0.405. The first-order chi connectivity index (χ1) is 14.1. The normalized spacial score (nSPS) is 11.9. The number of nitrogens with zero attached hydrogens (tertiary/aromatic N) is 1. The summed E-state index contributed by atoms with van der Waals surface area (Å²) in [6.07, 6.45) is 2.91. The Morgan fingerprint density at radius 3 is 2.17 bits per heavy atom. The van der Waals surface area contributed by atoms with E-state index in [1.807, 2.05) is 29.1 Å². The highest BCUT2D eigenvalue weighted by molar-refractivity contribution is 6.13. The summed E-state index contributed by atoms with van der Waals surface area (Å²) in [7, 11) is 1.11. The number of hydrogen-bond donors (Lipinski definition) is 2. The number of esters is 1. The topological polar surface area (TPSA) is 116 Å². The fraction of sp³-hybridized carbons (Fsp3) is 0.333. The van der Waals surface area contributed by atoms with Gasteiger partial charge in [0, 0.05) is 23.6 Å². The van der Waals surface area contributed by atoms with E-state index in [2.05, 4.69) is 15.4 Å². The van der Waals surface area contributed by atoms with E-state index in [-0.39, 0.29) is 5.56 Å². The molecule has 2 amide bonds. The van der Waals surface area contributed by atoms with Crippen molar-refractivity contribution in [2.75, 3.05) is 13.7 Å². The Morgan fingerprint density at radius 2 is 1.63 bits per heavy atom. The Bertz CT molecular complexity index is 898. The molecule has 1 aromatic heterocycles. The minimum atomic E-state index is -1.54. The van der Waals surface area contributed by atoms with Gasteiger partial charge in [0.25, 0.3) is 0 Å². The van der Waals surface area contributed by atoms with E-state index < -0.39 is 41.9 Å². The minimum Gasteiger partial charge on any atom is -0.467 e. The molecule has 0 fully saturated rings. The molecule has 9 nitrogen and oxygen atoms in total. The van der Waals surface area contributed by atoms with Crippen LogP contribution in [0.3, 0.4) is 0 Å². The first-order valence-corrected chi connectivity index (χ1v) is 9.22. The van der Waals surface area contributed by atoms with Crippen LogP contribution in [0.1, 0.15) is 31.1 Å². The smallest absolute Gasteiger partial charge is 0.408 e. The third kappa shape index (κ3) is 6.47. The molecule has 1 unspecified atom stereocenters. The van der Waals surface area contributed by atoms with Gasteiger partial charge in [0.2, 0.25) is 5.91 Å². The molecule has 0 saturated carbocycles. The zero-order valence-corrected chi connectivity index (χ0v) is 17.3. The first kappa shape index (κ1) is 22.7. The van der Waals surface area contributed by atoms with Gasteiger partial charge < -0.3 is 24.7 Å². The van der Waals surface area contributed by atoms with E-state index in [9.17, 15) is 19.2 Å². The van der Waals surface area contributed by atoms with Crippen molar-refractivity contribution in [3.8, 4) is 5.69 Å². The van der Waals surface area contributed by atoms with Crippen LogP contribution in [0.25, 0.3) is 5.69 Å². The van der Waals surface area contributed by atoms with Crippen molar-refractivity contribution in [3.63, 3.8) is 0 Å². The number of aromatic nitrogens is 1. The second-order valence-corrected chi connectivity index (χ2v) is 7.38. The van der Waals surface area contributed by atoms with Crippen LogP contribution in [0.15, 0.2) is 48.8 Å². The van der Waals surface area contributed by atoms with Crippen molar-refractivity contribution in [2.24, 2.45) is 0 Å². The zero-order chi connectivity index (χ0) is 22.3. The molecule has 1 atom stereocenters. The summed E-state index contributed by atoms with van der Waals surface area (Å²) in [5.41, 5.74) is 0.330. The van der Waals surface area contributed by atoms with E-state index in [1.54, 1.807) is 45.0 Å². The number of ketones is 1. The largest absolute Gasteiger partial charge is 0.467 e. The number of methoxy groups -OCH3 is 1. The van der Waals surface area contributed by atoms with E-state index in [0.717, 1.165) is 12.8 Å². The highest BCUT2D eigenvalue weighted by Crippen LogP contribution is 2.12. The van der Waals surface area contributed by atoms with Gasteiger partial charge in [0.1, 0.15) is 12.1 Å². The number of ether oxygens (including phenoxy) is 2. The Kier molecular flexibility index (Phi) is 7.35. The van der Waals surface area contributed by atoms with Gasteiger partial charge in [0.15, 0.2) is 11.8 Å². The van der Waals surface area contributed by atoms with Crippen molar-refractivity contribution in [1.82, 2.24) is 15.2 Å². The van der Waals surface area contributed by atoms with Gasteiger partial charge in [-0.1, -0.05) is 0 Å². The Labute approximate surface area is 174 Å². The lowest BCUT2D eigenvalue weighted by Gasteiger charge is -2.20. The lowest BCUT2D eigenvalue weighted by atomic mass is 10.0. The number of carbonyl (C=O) groups excluding carboxylic acids is 4. The molecule has 9 heteroatoms. The first-order valence-electron chi connectivity index (χ1n) is 9.22. The number of amides is 2. The molecule has 0 bridgehead atoms. The van der Waals surface area contributed by atoms with Crippen molar-refractivity contribution >= 4 is 23.8 Å². The number of benzene rings is 1. The SMILES string of the molecule is COC(=O)C(NC(=O)CNC(=O)OC(C)(C)C)C(=O)c1ccc(-n2cccc2)cc1. The number of Topliss-reactive ketones (excluding diaryl/α,β-unsaturated/α-hetero) is 1. The summed E-state index contributed by atoms with van der Waals surface area (Å²) in [6.45, 7) is 4.57. The number of carbonyl (C=O) groups is 4. The second kappa shape index (κ2) is 9.73. The zero-order valence-electron chi connectivity index (χ0n) is 17.3. The molecule has 0 aliphatic carbocycles. The molecule has 2 N–H and O–H groups in total. The molecule has 2 rings (SSSR count). The fourth-order valence-electron chi connectivity index (χ4n) is 2.50. The number of rotatable bonds is 7. The van der Waals surface area contributed by atoms with E-state index in [1.165, 1.54) is 0 Å². The lowest BCUT2D eigenvalue weighted by molar-refractivity contribution is -0.143. The Balaban J connectivity index is 2.04. The van der Waals surface area contributed by atoms with E-state index in [4.69, 9.17) is 4.74 Å². The highest BCUT2D eigenvalue weighted by atomic mass is 16.6. The molecule has 30 heavy (non-hydrogen) atoms. The predicted octanol–water partition coefficient (Wildman–Crippen LogP) is 1.84. The van der Waals surface area contributed by atoms with Gasteiger partial charge in [-0.05, 0) is 57.2 Å². The fourth-order valence-corrected chi connectivity index (χ4v) is 2.50. The van der Waals surface area contributed by atoms with Crippen molar-refractivity contribution in [3.05, 3.63) is 54.4 Å². The number of hydrogen-bond acceptors (Lipinski definition) is 6. The van der Waals surface area contributed by atoms with Gasteiger partial charge in [-0.3, -0.25) is 9.59 Å². The van der Waals surface area contributed by atoms with Gasteiger partial charge in [0.05, 0.1) is 7.11 Å². The molecule has 2 aromatic rings. The molecule has 1 aromatic carbocycles. The average molecular weight is 415 g/mol. The van der Waals surface area contributed by atoms with Crippen LogP contribution in [-0.2, 0) is 19.1 Å². The molecule has 0 aliphatic rings. The standard InChI is InChI=1S/C21H25N3O6/c1-21(2,3)30-20(28)22-13-16(25)23-17(19(27)29-4)18(26)14-7-9-15(10-8-14)24-11-5-6-12-24/h5-12,17H,13H2,1-4H3,(H,22,28)(H,23,25). The Morgan fingerprint density at radius 1 is 1.03 bits per heavy atom. The van der Waals surface area contributed by atoms with Gasteiger partial charge in [-0.25, -0.2) is 9.59 Å². The lowest BCUT2D eigenvalue weighted by Crippen LogP contribution is -2.50. The predicted molar refractivity (Wildman–Crippen MR) is 108 cm³/mol. The van der Waals surface area contributed by atoms with Crippen LogP contribution in [0.2, 0.25) is 0 Å². The van der Waals surface area contributed by atoms with Crippen LogP contribution in [0.5, 0.6) is 0 Å². The van der Waals surface area contributed by atoms with Crippen molar-refractivity contribution < 1.29 is 28.7 Å². The average Bonchev–Trinajstić information content (AvgIpc) is 3.23. The third-order valence-corrected chi connectivity index (χ3v) is 3.85. The van der Waals surface area contributed by atoms with Crippen LogP contribution < -0.4 is 10.6 Å². The molecule has 160 valence electrons. The molecule has 0 spiro atoms. The Hall–Kier alpha value is -3.62. The van der Waals surface area contributed by atoms with Crippen LogP contribution in [0, 0.1) is 0 Å². The highest BCUT2D eigenvalue weighted by Gasteiger charge is 2.30. The monoisotopic (exact) mass is 415 g/mol. The molecule has 0 saturated heterocycles. The maximum atomic E-state index is 12.8. The van der Waals surface area contributed by atoms with E-state index in [0.29, 0.717) is 0 Å². The number of alkyl carbamates (subject to hydrolysis) is 1. The third-order valence-electron chi connectivity index (χ3n) is 3.85. The summed E-state index contributed by atoms with van der Waals surface area (Å²) in [5, 5.41) is 4.55. The second-order valence-electron chi connectivity index (χ2n) is 7.38.